The molecule has 0 bridgehead atoms. The monoisotopic (exact) mass is 362 g/mol. The van der Waals surface area contributed by atoms with Crippen molar-refractivity contribution in [1.29, 1.82) is 0 Å². The number of halogens is 3. The highest BCUT2D eigenvalue weighted by molar-refractivity contribution is 9.10. The molecule has 0 unspecified atom stereocenters. The van der Waals surface area contributed by atoms with Gasteiger partial charge in [-0.1, -0.05) is 15.9 Å². The highest BCUT2D eigenvalue weighted by atomic mass is 79.9. The Morgan fingerprint density at radius 2 is 1.90 bits per heavy atom. The second-order valence-electron chi connectivity index (χ2n) is 4.81. The Kier molecular flexibility index (Phi) is 6.08. The van der Waals surface area contributed by atoms with Crippen LogP contribution in [0.25, 0.3) is 0 Å². The fourth-order valence-electron chi connectivity index (χ4n) is 2.18. The molecule has 1 N–H and O–H groups in total. The molecule has 0 aromatic heterocycles. The van der Waals surface area contributed by atoms with Gasteiger partial charge in [-0.15, -0.1) is 0 Å². The van der Waals surface area contributed by atoms with Crippen LogP contribution < -0.4 is 5.32 Å². The number of rotatable bonds is 5. The maximum Gasteiger partial charge on any atom is 0.257 e. The first kappa shape index (κ1) is 16.3. The Morgan fingerprint density at radius 1 is 1.29 bits per heavy atom. The van der Waals surface area contributed by atoms with E-state index < -0.39 is 23.1 Å². The zero-order valence-electron chi connectivity index (χ0n) is 11.5. The van der Waals surface area contributed by atoms with Crippen LogP contribution in [-0.4, -0.2) is 50.2 Å². The SMILES string of the molecule is O=C(NCCCN1CCOCC1)c1c(F)cc(Br)cc1F. The van der Waals surface area contributed by atoms with Gasteiger partial charge in [-0.3, -0.25) is 9.69 Å². The van der Waals surface area contributed by atoms with Crippen molar-refractivity contribution in [2.24, 2.45) is 0 Å². The fourth-order valence-corrected chi connectivity index (χ4v) is 2.58. The summed E-state index contributed by atoms with van der Waals surface area (Å²) >= 11 is 2.98. The summed E-state index contributed by atoms with van der Waals surface area (Å²) in [6.45, 7) is 4.41. The largest absolute Gasteiger partial charge is 0.379 e. The van der Waals surface area contributed by atoms with Crippen molar-refractivity contribution in [2.75, 3.05) is 39.4 Å². The third-order valence-electron chi connectivity index (χ3n) is 3.27. The van der Waals surface area contributed by atoms with Gasteiger partial charge in [0.1, 0.15) is 17.2 Å². The van der Waals surface area contributed by atoms with Crippen molar-refractivity contribution in [3.05, 3.63) is 33.8 Å². The molecule has 1 heterocycles. The number of ether oxygens (including phenoxy) is 1. The van der Waals surface area contributed by atoms with E-state index in [9.17, 15) is 13.6 Å². The summed E-state index contributed by atoms with van der Waals surface area (Å²) in [6.07, 6.45) is 0.728. The molecule has 0 spiro atoms. The molecule has 2 rings (SSSR count). The Hall–Kier alpha value is -1.05. The summed E-state index contributed by atoms with van der Waals surface area (Å²) < 4.78 is 32.7. The van der Waals surface area contributed by atoms with E-state index in [1.165, 1.54) is 0 Å². The molecule has 1 fully saturated rings. The number of amides is 1. The molecular weight excluding hydrogens is 346 g/mol. The molecule has 0 atom stereocenters. The molecule has 0 radical (unpaired) electrons. The first-order chi connectivity index (χ1) is 10.1. The van der Waals surface area contributed by atoms with Crippen molar-refractivity contribution in [1.82, 2.24) is 10.2 Å². The minimum atomic E-state index is -0.868. The summed E-state index contributed by atoms with van der Waals surface area (Å²) in [6, 6.07) is 2.15. The smallest absolute Gasteiger partial charge is 0.257 e. The molecule has 1 saturated heterocycles. The Labute approximate surface area is 130 Å². The van der Waals surface area contributed by atoms with Crippen molar-refractivity contribution in [3.63, 3.8) is 0 Å². The number of benzene rings is 1. The van der Waals surface area contributed by atoms with E-state index in [-0.39, 0.29) is 4.47 Å². The summed E-state index contributed by atoms with van der Waals surface area (Å²) in [7, 11) is 0. The average Bonchev–Trinajstić information content (AvgIpc) is 2.43. The van der Waals surface area contributed by atoms with Gasteiger partial charge < -0.3 is 10.1 Å². The number of carbonyl (C=O) groups excluding carboxylic acids is 1. The lowest BCUT2D eigenvalue weighted by molar-refractivity contribution is 0.0374. The van der Waals surface area contributed by atoms with Crippen molar-refractivity contribution < 1.29 is 18.3 Å². The zero-order valence-corrected chi connectivity index (χ0v) is 13.1. The maximum absolute atomic E-state index is 13.6. The van der Waals surface area contributed by atoms with Gasteiger partial charge in [0.2, 0.25) is 0 Å². The minimum Gasteiger partial charge on any atom is -0.379 e. The summed E-state index contributed by atoms with van der Waals surface area (Å²) in [4.78, 5) is 14.0. The van der Waals surface area contributed by atoms with Gasteiger partial charge in [0.25, 0.3) is 5.91 Å². The number of carbonyl (C=O) groups is 1. The quantitative estimate of drug-likeness (QED) is 0.816. The van der Waals surface area contributed by atoms with Crippen LogP contribution in [-0.2, 0) is 4.74 Å². The lowest BCUT2D eigenvalue weighted by Gasteiger charge is -2.26. The second kappa shape index (κ2) is 7.82. The van der Waals surface area contributed by atoms with Crippen molar-refractivity contribution >= 4 is 21.8 Å². The lowest BCUT2D eigenvalue weighted by Crippen LogP contribution is -2.38. The topological polar surface area (TPSA) is 41.6 Å². The predicted octanol–water partition coefficient (Wildman–Crippen LogP) is 2.18. The minimum absolute atomic E-state index is 0.265. The van der Waals surface area contributed by atoms with Gasteiger partial charge in [0, 0.05) is 24.1 Å². The van der Waals surface area contributed by atoms with E-state index >= 15 is 0 Å². The second-order valence-corrected chi connectivity index (χ2v) is 5.72. The van der Waals surface area contributed by atoms with E-state index in [1.807, 2.05) is 0 Å². The van der Waals surface area contributed by atoms with Crippen LogP contribution >= 0.6 is 15.9 Å². The maximum atomic E-state index is 13.6. The molecule has 1 aromatic carbocycles. The van der Waals surface area contributed by atoms with Gasteiger partial charge in [-0.2, -0.15) is 0 Å². The van der Waals surface area contributed by atoms with E-state index in [2.05, 4.69) is 26.1 Å². The predicted molar refractivity (Wildman–Crippen MR) is 78.3 cm³/mol. The van der Waals surface area contributed by atoms with Crippen LogP contribution in [0.1, 0.15) is 16.8 Å². The number of hydrogen-bond acceptors (Lipinski definition) is 3. The molecule has 116 valence electrons. The Morgan fingerprint density at radius 3 is 2.52 bits per heavy atom. The molecule has 1 amide bonds. The number of morpholine rings is 1. The van der Waals surface area contributed by atoms with Gasteiger partial charge >= 0.3 is 0 Å². The Bertz CT molecular complexity index is 485. The molecule has 0 saturated carbocycles. The third kappa shape index (κ3) is 4.72. The zero-order chi connectivity index (χ0) is 15.2. The van der Waals surface area contributed by atoms with Crippen LogP contribution in [0, 0.1) is 11.6 Å². The number of hydrogen-bond donors (Lipinski definition) is 1. The molecular formula is C14H17BrF2N2O2. The summed E-state index contributed by atoms with van der Waals surface area (Å²) in [5.74, 6) is -2.46. The lowest BCUT2D eigenvalue weighted by atomic mass is 10.2. The van der Waals surface area contributed by atoms with Crippen molar-refractivity contribution in [2.45, 2.75) is 6.42 Å². The standard InChI is InChI=1S/C14H17BrF2N2O2/c15-10-8-11(16)13(12(17)9-10)14(20)18-2-1-3-19-4-6-21-7-5-19/h8-9H,1-7H2,(H,18,20). The van der Waals surface area contributed by atoms with Gasteiger partial charge in [0.05, 0.1) is 13.2 Å². The highest BCUT2D eigenvalue weighted by Crippen LogP contribution is 2.19. The third-order valence-corrected chi connectivity index (χ3v) is 3.73. The molecule has 4 nitrogen and oxygen atoms in total. The molecule has 21 heavy (non-hydrogen) atoms. The van der Waals surface area contributed by atoms with E-state index in [1.54, 1.807) is 0 Å². The number of nitrogens with zero attached hydrogens (tertiary/aromatic N) is 1. The van der Waals surface area contributed by atoms with Crippen LogP contribution in [0.2, 0.25) is 0 Å². The van der Waals surface area contributed by atoms with E-state index in [4.69, 9.17) is 4.74 Å². The van der Waals surface area contributed by atoms with Crippen LogP contribution in [0.5, 0.6) is 0 Å². The first-order valence-corrected chi connectivity index (χ1v) is 7.60. The molecule has 0 aliphatic carbocycles. The first-order valence-electron chi connectivity index (χ1n) is 6.81. The van der Waals surface area contributed by atoms with Gasteiger partial charge in [-0.05, 0) is 25.1 Å². The summed E-state index contributed by atoms with van der Waals surface area (Å²) in [5, 5.41) is 2.55. The van der Waals surface area contributed by atoms with E-state index in [0.717, 1.165) is 51.4 Å². The molecule has 1 aliphatic rings. The van der Waals surface area contributed by atoms with Gasteiger partial charge in [-0.25, -0.2) is 8.78 Å². The molecule has 1 aliphatic heterocycles. The van der Waals surface area contributed by atoms with Crippen molar-refractivity contribution in [3.8, 4) is 0 Å². The van der Waals surface area contributed by atoms with Crippen LogP contribution in [0.15, 0.2) is 16.6 Å². The van der Waals surface area contributed by atoms with Crippen LogP contribution in [0.3, 0.4) is 0 Å². The Balaban J connectivity index is 1.79. The fraction of sp³-hybridized carbons (Fsp3) is 0.500. The van der Waals surface area contributed by atoms with E-state index in [0.29, 0.717) is 6.54 Å². The average molecular weight is 363 g/mol. The normalized spacial score (nSPS) is 16.0. The van der Waals surface area contributed by atoms with Crippen LogP contribution in [0.4, 0.5) is 8.78 Å². The molecule has 1 aromatic rings. The van der Waals surface area contributed by atoms with Gasteiger partial charge in [0.15, 0.2) is 0 Å². The number of nitrogens with one attached hydrogen (secondary N) is 1. The highest BCUT2D eigenvalue weighted by Gasteiger charge is 2.18. The summed E-state index contributed by atoms with van der Waals surface area (Å²) in [5.41, 5.74) is -0.537. The molecule has 7 heteroatoms.